The molecule has 1 atom stereocenters. The minimum atomic E-state index is -0.836. The van der Waals surface area contributed by atoms with Gasteiger partial charge in [0, 0.05) is 6.61 Å². The first-order valence-electron chi connectivity index (χ1n) is 7.58. The number of aryl methyl sites for hydroxylation is 1. The molecule has 0 saturated carbocycles. The number of unbranched alkanes of at least 4 members (excludes halogenated alkanes) is 2. The van der Waals surface area contributed by atoms with Gasteiger partial charge in [-0.2, -0.15) is 0 Å². The van der Waals surface area contributed by atoms with Crippen molar-refractivity contribution >= 4 is 5.97 Å². The summed E-state index contributed by atoms with van der Waals surface area (Å²) in [5, 5.41) is 9.11. The minimum Gasteiger partial charge on any atom is -0.478 e. The number of benzene rings is 1. The number of hydrogen-bond acceptors (Lipinski definition) is 2. The molecule has 1 aromatic carbocycles. The standard InChI is InChI=1S/C17H26O3/c1-3-4-13-20-14(2)9-5-6-10-15-11-7-8-12-16(15)17(18)19/h7-8,11-12,14H,3-6,9-10,13H2,1-2H3,(H,18,19). The van der Waals surface area contributed by atoms with Gasteiger partial charge >= 0.3 is 5.97 Å². The predicted octanol–water partition coefficient (Wildman–Crippen LogP) is 4.30. The summed E-state index contributed by atoms with van der Waals surface area (Å²) in [6.07, 6.45) is 6.53. The maximum absolute atomic E-state index is 11.1. The number of aromatic carboxylic acids is 1. The number of carboxylic acid groups (broad SMARTS) is 1. The van der Waals surface area contributed by atoms with E-state index in [2.05, 4.69) is 13.8 Å². The summed E-state index contributed by atoms with van der Waals surface area (Å²) in [5.41, 5.74) is 1.36. The lowest BCUT2D eigenvalue weighted by molar-refractivity contribution is 0.0566. The van der Waals surface area contributed by atoms with E-state index >= 15 is 0 Å². The normalized spacial score (nSPS) is 12.3. The van der Waals surface area contributed by atoms with E-state index in [0.717, 1.165) is 44.3 Å². The summed E-state index contributed by atoms with van der Waals surface area (Å²) < 4.78 is 5.70. The summed E-state index contributed by atoms with van der Waals surface area (Å²) >= 11 is 0. The lowest BCUT2D eigenvalue weighted by Gasteiger charge is -2.12. The van der Waals surface area contributed by atoms with Gasteiger partial charge in [0.25, 0.3) is 0 Å². The Morgan fingerprint density at radius 2 is 2.00 bits per heavy atom. The zero-order valence-electron chi connectivity index (χ0n) is 12.6. The number of carboxylic acids is 1. The van der Waals surface area contributed by atoms with Crippen molar-refractivity contribution < 1.29 is 14.6 Å². The van der Waals surface area contributed by atoms with Crippen LogP contribution >= 0.6 is 0 Å². The van der Waals surface area contributed by atoms with Crippen LogP contribution in [0.5, 0.6) is 0 Å². The van der Waals surface area contributed by atoms with Crippen LogP contribution in [0.1, 0.15) is 61.9 Å². The van der Waals surface area contributed by atoms with Gasteiger partial charge in [-0.3, -0.25) is 0 Å². The van der Waals surface area contributed by atoms with Gasteiger partial charge < -0.3 is 9.84 Å². The Bertz CT molecular complexity index is 401. The average molecular weight is 278 g/mol. The van der Waals surface area contributed by atoms with E-state index in [4.69, 9.17) is 9.84 Å². The van der Waals surface area contributed by atoms with Crippen molar-refractivity contribution in [1.82, 2.24) is 0 Å². The molecule has 0 radical (unpaired) electrons. The third kappa shape index (κ3) is 6.20. The first-order chi connectivity index (χ1) is 9.65. The van der Waals surface area contributed by atoms with Crippen molar-refractivity contribution in [3.8, 4) is 0 Å². The Balaban J connectivity index is 2.26. The molecule has 0 aliphatic rings. The molecule has 20 heavy (non-hydrogen) atoms. The number of hydrogen-bond donors (Lipinski definition) is 1. The van der Waals surface area contributed by atoms with Crippen molar-refractivity contribution in [2.24, 2.45) is 0 Å². The Hall–Kier alpha value is -1.35. The van der Waals surface area contributed by atoms with Crippen LogP contribution in [0.4, 0.5) is 0 Å². The summed E-state index contributed by atoms with van der Waals surface area (Å²) in [4.78, 5) is 11.1. The van der Waals surface area contributed by atoms with Gasteiger partial charge in [-0.1, -0.05) is 38.0 Å². The summed E-state index contributed by atoms with van der Waals surface area (Å²) in [6.45, 7) is 5.12. The smallest absolute Gasteiger partial charge is 0.335 e. The summed E-state index contributed by atoms with van der Waals surface area (Å²) in [5.74, 6) is -0.836. The molecule has 0 saturated heterocycles. The first kappa shape index (κ1) is 16.7. The molecule has 0 amide bonds. The van der Waals surface area contributed by atoms with Crippen LogP contribution in [-0.4, -0.2) is 23.8 Å². The highest BCUT2D eigenvalue weighted by molar-refractivity contribution is 5.89. The summed E-state index contributed by atoms with van der Waals surface area (Å²) in [7, 11) is 0. The Morgan fingerprint density at radius 1 is 1.25 bits per heavy atom. The first-order valence-corrected chi connectivity index (χ1v) is 7.58. The van der Waals surface area contributed by atoms with E-state index in [0.29, 0.717) is 11.7 Å². The quantitative estimate of drug-likeness (QED) is 0.649. The highest BCUT2D eigenvalue weighted by Crippen LogP contribution is 2.14. The lowest BCUT2D eigenvalue weighted by atomic mass is 10.0. The maximum atomic E-state index is 11.1. The van der Waals surface area contributed by atoms with Crippen molar-refractivity contribution in [2.75, 3.05) is 6.61 Å². The zero-order chi connectivity index (χ0) is 14.8. The van der Waals surface area contributed by atoms with Gasteiger partial charge in [-0.05, 0) is 44.2 Å². The fraction of sp³-hybridized carbons (Fsp3) is 0.588. The number of carbonyl (C=O) groups is 1. The third-order valence-corrected chi connectivity index (χ3v) is 3.45. The lowest BCUT2D eigenvalue weighted by Crippen LogP contribution is -2.09. The van der Waals surface area contributed by atoms with Crippen molar-refractivity contribution in [1.29, 1.82) is 0 Å². The molecule has 112 valence electrons. The van der Waals surface area contributed by atoms with Crippen LogP contribution in [0, 0.1) is 0 Å². The second-order valence-corrected chi connectivity index (χ2v) is 5.24. The molecule has 1 aromatic rings. The highest BCUT2D eigenvalue weighted by Gasteiger charge is 2.08. The monoisotopic (exact) mass is 278 g/mol. The molecule has 0 aliphatic carbocycles. The third-order valence-electron chi connectivity index (χ3n) is 3.45. The predicted molar refractivity (Wildman–Crippen MR) is 81.3 cm³/mol. The largest absolute Gasteiger partial charge is 0.478 e. The SMILES string of the molecule is CCCCOC(C)CCCCc1ccccc1C(=O)O. The molecule has 0 spiro atoms. The molecule has 1 rings (SSSR count). The van der Waals surface area contributed by atoms with Crippen molar-refractivity contribution in [3.63, 3.8) is 0 Å². The van der Waals surface area contributed by atoms with E-state index in [1.165, 1.54) is 6.42 Å². The molecule has 3 heteroatoms. The highest BCUT2D eigenvalue weighted by atomic mass is 16.5. The van der Waals surface area contributed by atoms with Crippen molar-refractivity contribution in [3.05, 3.63) is 35.4 Å². The molecule has 0 fully saturated rings. The molecule has 3 nitrogen and oxygen atoms in total. The molecular weight excluding hydrogens is 252 g/mol. The van der Waals surface area contributed by atoms with Gasteiger partial charge in [-0.15, -0.1) is 0 Å². The van der Waals surface area contributed by atoms with Gasteiger partial charge in [0.05, 0.1) is 11.7 Å². The van der Waals surface area contributed by atoms with Crippen LogP contribution in [0.3, 0.4) is 0 Å². The topological polar surface area (TPSA) is 46.5 Å². The second kappa shape index (κ2) is 9.54. The van der Waals surface area contributed by atoms with Gasteiger partial charge in [0.15, 0.2) is 0 Å². The van der Waals surface area contributed by atoms with Gasteiger partial charge in [-0.25, -0.2) is 4.79 Å². The molecule has 0 aromatic heterocycles. The van der Waals surface area contributed by atoms with Gasteiger partial charge in [0.2, 0.25) is 0 Å². The second-order valence-electron chi connectivity index (χ2n) is 5.24. The molecular formula is C17H26O3. The van der Waals surface area contributed by atoms with Gasteiger partial charge in [0.1, 0.15) is 0 Å². The Kier molecular flexibility index (Phi) is 7.97. The molecule has 1 N–H and O–H groups in total. The molecule has 0 bridgehead atoms. The molecule has 1 unspecified atom stereocenters. The van der Waals surface area contributed by atoms with Crippen LogP contribution in [0.25, 0.3) is 0 Å². The Labute approximate surface area is 122 Å². The van der Waals surface area contributed by atoms with E-state index in [9.17, 15) is 4.79 Å². The maximum Gasteiger partial charge on any atom is 0.335 e. The van der Waals surface area contributed by atoms with E-state index in [1.54, 1.807) is 12.1 Å². The zero-order valence-corrected chi connectivity index (χ0v) is 12.6. The van der Waals surface area contributed by atoms with Crippen molar-refractivity contribution in [2.45, 2.75) is 58.5 Å². The van der Waals surface area contributed by atoms with E-state index in [1.807, 2.05) is 12.1 Å². The van der Waals surface area contributed by atoms with Crippen LogP contribution < -0.4 is 0 Å². The fourth-order valence-electron chi connectivity index (χ4n) is 2.21. The Morgan fingerprint density at radius 3 is 2.70 bits per heavy atom. The van der Waals surface area contributed by atoms with Crippen LogP contribution in [0.15, 0.2) is 24.3 Å². The van der Waals surface area contributed by atoms with Crippen LogP contribution in [0.2, 0.25) is 0 Å². The molecule has 0 aliphatic heterocycles. The number of ether oxygens (including phenoxy) is 1. The van der Waals surface area contributed by atoms with Crippen LogP contribution in [-0.2, 0) is 11.2 Å². The molecule has 0 heterocycles. The van der Waals surface area contributed by atoms with E-state index in [-0.39, 0.29) is 0 Å². The average Bonchev–Trinajstić information content (AvgIpc) is 2.44. The minimum absolute atomic E-state index is 0.302. The summed E-state index contributed by atoms with van der Waals surface area (Å²) in [6, 6.07) is 7.26. The van der Waals surface area contributed by atoms with E-state index < -0.39 is 5.97 Å². The number of rotatable bonds is 10. The fourth-order valence-corrected chi connectivity index (χ4v) is 2.21.